The maximum Gasteiger partial charge on any atom is 0.119 e. The molecule has 0 radical (unpaired) electrons. The Balaban J connectivity index is 1.55. The molecule has 0 unspecified atom stereocenters. The van der Waals surface area contributed by atoms with Crippen LogP contribution in [-0.4, -0.2) is 59.8 Å². The minimum absolute atomic E-state index is 0.534. The Bertz CT molecular complexity index is 485. The topological polar surface area (TPSA) is 35.9 Å². The first-order valence-electron chi connectivity index (χ1n) is 9.06. The second-order valence-electron chi connectivity index (χ2n) is 7.10. The zero-order valence-electron chi connectivity index (χ0n) is 14.3. The fraction of sp³-hybridized carbons (Fsp3) is 0.684. The summed E-state index contributed by atoms with van der Waals surface area (Å²) in [4.78, 5) is 4.83. The number of rotatable bonds is 6. The van der Waals surface area contributed by atoms with Crippen molar-refractivity contribution in [2.45, 2.75) is 44.8 Å². The van der Waals surface area contributed by atoms with Gasteiger partial charge in [-0.25, -0.2) is 0 Å². The summed E-state index contributed by atoms with van der Waals surface area (Å²) in [6.45, 7) is 8.63. The lowest BCUT2D eigenvalue weighted by molar-refractivity contribution is -0.0519. The van der Waals surface area contributed by atoms with Crippen molar-refractivity contribution in [1.82, 2.24) is 9.80 Å². The number of hydrogen-bond acceptors (Lipinski definition) is 4. The molecule has 0 aromatic heterocycles. The largest absolute Gasteiger partial charge is 0.494 e. The number of hydrogen-bond donors (Lipinski definition) is 1. The predicted molar refractivity (Wildman–Crippen MR) is 92.7 cm³/mol. The predicted octanol–water partition coefficient (Wildman–Crippen LogP) is 2.51. The van der Waals surface area contributed by atoms with E-state index in [1.54, 1.807) is 0 Å². The fourth-order valence-electron chi connectivity index (χ4n) is 3.94. The van der Waals surface area contributed by atoms with Gasteiger partial charge in [0.05, 0.1) is 12.2 Å². The lowest BCUT2D eigenvalue weighted by Gasteiger charge is -2.41. The van der Waals surface area contributed by atoms with Crippen molar-refractivity contribution in [1.29, 1.82) is 0 Å². The molecule has 4 heteroatoms. The van der Waals surface area contributed by atoms with Gasteiger partial charge >= 0.3 is 0 Å². The zero-order chi connectivity index (χ0) is 16.1. The van der Waals surface area contributed by atoms with Gasteiger partial charge in [0.15, 0.2) is 0 Å². The van der Waals surface area contributed by atoms with Crippen molar-refractivity contribution in [3.8, 4) is 5.75 Å². The maximum absolute atomic E-state index is 11.0. The minimum atomic E-state index is -0.534. The monoisotopic (exact) mass is 318 g/mol. The summed E-state index contributed by atoms with van der Waals surface area (Å²) in [6.07, 6.45) is 4.59. The van der Waals surface area contributed by atoms with Crippen molar-refractivity contribution in [3.63, 3.8) is 0 Å². The normalized spacial score (nSPS) is 26.5. The van der Waals surface area contributed by atoms with Crippen LogP contribution in [0.15, 0.2) is 24.3 Å². The maximum atomic E-state index is 11.0. The van der Waals surface area contributed by atoms with E-state index in [2.05, 4.69) is 21.9 Å². The van der Waals surface area contributed by atoms with E-state index in [1.165, 1.54) is 18.4 Å². The van der Waals surface area contributed by atoms with Gasteiger partial charge in [-0.1, -0.05) is 12.1 Å². The highest BCUT2D eigenvalue weighted by Crippen LogP contribution is 2.25. The van der Waals surface area contributed by atoms with Crippen LogP contribution in [0.5, 0.6) is 5.75 Å². The van der Waals surface area contributed by atoms with E-state index >= 15 is 0 Å². The van der Waals surface area contributed by atoms with Gasteiger partial charge < -0.3 is 14.7 Å². The van der Waals surface area contributed by atoms with E-state index in [4.69, 9.17) is 4.74 Å². The first-order chi connectivity index (χ1) is 11.2. The second kappa shape index (κ2) is 7.65. The van der Waals surface area contributed by atoms with Gasteiger partial charge in [-0.3, -0.25) is 4.90 Å². The molecule has 2 saturated heterocycles. The molecule has 4 nitrogen and oxygen atoms in total. The molecule has 1 aromatic rings. The number of ether oxygens (including phenoxy) is 1. The molecule has 2 heterocycles. The van der Waals surface area contributed by atoms with Gasteiger partial charge in [-0.15, -0.1) is 0 Å². The van der Waals surface area contributed by atoms with E-state index in [1.807, 2.05) is 19.1 Å². The van der Waals surface area contributed by atoms with Crippen LogP contribution in [0.4, 0.5) is 0 Å². The average Bonchev–Trinajstić information content (AvgIpc) is 3.02. The van der Waals surface area contributed by atoms with Gasteiger partial charge in [0.1, 0.15) is 5.75 Å². The van der Waals surface area contributed by atoms with Crippen LogP contribution in [0.25, 0.3) is 0 Å². The van der Waals surface area contributed by atoms with Crippen LogP contribution in [0.3, 0.4) is 0 Å². The molecule has 0 spiro atoms. The molecule has 1 N–H and O–H groups in total. The molecule has 2 aliphatic rings. The van der Waals surface area contributed by atoms with Gasteiger partial charge in [0, 0.05) is 19.6 Å². The Morgan fingerprint density at radius 1 is 1.04 bits per heavy atom. The van der Waals surface area contributed by atoms with Gasteiger partial charge in [-0.2, -0.15) is 0 Å². The van der Waals surface area contributed by atoms with Crippen LogP contribution in [0.2, 0.25) is 0 Å². The molecule has 2 aliphatic heterocycles. The molecule has 0 amide bonds. The smallest absolute Gasteiger partial charge is 0.119 e. The Morgan fingerprint density at radius 2 is 1.74 bits per heavy atom. The Morgan fingerprint density at radius 3 is 2.43 bits per heavy atom. The van der Waals surface area contributed by atoms with Crippen LogP contribution >= 0.6 is 0 Å². The molecule has 3 rings (SSSR count). The van der Waals surface area contributed by atoms with Crippen LogP contribution in [0, 0.1) is 0 Å². The van der Waals surface area contributed by atoms with Crippen LogP contribution in [-0.2, 0) is 6.54 Å². The number of likely N-dealkylation sites (tertiary alicyclic amines) is 2. The fourth-order valence-corrected chi connectivity index (χ4v) is 3.94. The van der Waals surface area contributed by atoms with Gasteiger partial charge in [-0.05, 0) is 69.9 Å². The molecule has 0 bridgehead atoms. The van der Waals surface area contributed by atoms with E-state index in [0.29, 0.717) is 6.61 Å². The third-order valence-corrected chi connectivity index (χ3v) is 4.99. The standard InChI is InChI=1S/C19H30N2O2/c1-2-23-18-8-6-17(7-9-18)14-21-13-5-10-19(22,16-21)15-20-11-3-4-12-20/h6-9,22H,2-5,10-16H2,1H3/t19-/m1/s1. The molecule has 2 fully saturated rings. The molecule has 1 aromatic carbocycles. The Kier molecular flexibility index (Phi) is 5.57. The molecule has 23 heavy (non-hydrogen) atoms. The summed E-state index contributed by atoms with van der Waals surface area (Å²) in [5.41, 5.74) is 0.757. The second-order valence-corrected chi connectivity index (χ2v) is 7.10. The third kappa shape index (κ3) is 4.69. The first kappa shape index (κ1) is 16.7. The van der Waals surface area contributed by atoms with Crippen molar-refractivity contribution in [2.75, 3.05) is 39.3 Å². The molecule has 128 valence electrons. The highest BCUT2D eigenvalue weighted by molar-refractivity contribution is 5.27. The molecule has 1 atom stereocenters. The van der Waals surface area contributed by atoms with Crippen LogP contribution in [0.1, 0.15) is 38.2 Å². The molecular formula is C19H30N2O2. The SMILES string of the molecule is CCOc1ccc(CN2CCC[C@@](O)(CN3CCCC3)C2)cc1. The van der Waals surface area contributed by atoms with Crippen molar-refractivity contribution < 1.29 is 9.84 Å². The summed E-state index contributed by atoms with van der Waals surface area (Å²) in [6, 6.07) is 8.36. The third-order valence-electron chi connectivity index (χ3n) is 4.99. The number of piperidine rings is 1. The number of aliphatic hydroxyl groups is 1. The van der Waals surface area contributed by atoms with Crippen molar-refractivity contribution in [2.24, 2.45) is 0 Å². The Labute approximate surface area is 140 Å². The summed E-state index contributed by atoms with van der Waals surface area (Å²) in [7, 11) is 0. The number of nitrogens with zero attached hydrogens (tertiary/aromatic N) is 2. The van der Waals surface area contributed by atoms with Gasteiger partial charge in [0.2, 0.25) is 0 Å². The summed E-state index contributed by atoms with van der Waals surface area (Å²) in [5.74, 6) is 0.931. The Hall–Kier alpha value is -1.10. The quantitative estimate of drug-likeness (QED) is 0.874. The van der Waals surface area contributed by atoms with E-state index in [-0.39, 0.29) is 0 Å². The van der Waals surface area contributed by atoms with Crippen molar-refractivity contribution >= 4 is 0 Å². The molecule has 0 saturated carbocycles. The van der Waals surface area contributed by atoms with E-state index in [0.717, 1.165) is 57.9 Å². The number of β-amino-alcohol motifs (C(OH)–C–C–N with tert-alkyl or cyclic N) is 1. The number of benzene rings is 1. The highest BCUT2D eigenvalue weighted by Gasteiger charge is 2.35. The summed E-state index contributed by atoms with van der Waals surface area (Å²) >= 11 is 0. The molecular weight excluding hydrogens is 288 g/mol. The highest BCUT2D eigenvalue weighted by atomic mass is 16.5. The van der Waals surface area contributed by atoms with Gasteiger partial charge in [0.25, 0.3) is 0 Å². The molecule has 0 aliphatic carbocycles. The summed E-state index contributed by atoms with van der Waals surface area (Å²) < 4.78 is 5.50. The first-order valence-corrected chi connectivity index (χ1v) is 9.06. The lowest BCUT2D eigenvalue weighted by Crippen LogP contribution is -2.53. The average molecular weight is 318 g/mol. The van der Waals surface area contributed by atoms with Crippen LogP contribution < -0.4 is 4.74 Å². The summed E-state index contributed by atoms with van der Waals surface area (Å²) in [5, 5.41) is 11.0. The van der Waals surface area contributed by atoms with E-state index < -0.39 is 5.60 Å². The van der Waals surface area contributed by atoms with Crippen molar-refractivity contribution in [3.05, 3.63) is 29.8 Å². The van der Waals surface area contributed by atoms with E-state index in [9.17, 15) is 5.11 Å². The minimum Gasteiger partial charge on any atom is -0.494 e. The lowest BCUT2D eigenvalue weighted by atomic mass is 9.92. The zero-order valence-corrected chi connectivity index (χ0v) is 14.3.